The Hall–Kier alpha value is -2.56. The maximum atomic E-state index is 12.8. The third-order valence-electron chi connectivity index (χ3n) is 4.68. The highest BCUT2D eigenvalue weighted by molar-refractivity contribution is 5.77. The van der Waals surface area contributed by atoms with Crippen LogP contribution in [-0.2, 0) is 11.2 Å². The fraction of sp³-hybridized carbons (Fsp3) is 0.400. The van der Waals surface area contributed by atoms with Gasteiger partial charge in [-0.2, -0.15) is 0 Å². The third-order valence-corrected chi connectivity index (χ3v) is 4.68. The highest BCUT2D eigenvalue weighted by Gasteiger charge is 2.29. The number of benzene rings is 1. The first-order valence-electron chi connectivity index (χ1n) is 8.62. The summed E-state index contributed by atoms with van der Waals surface area (Å²) < 4.78 is 10.6. The Kier molecular flexibility index (Phi) is 5.53. The van der Waals surface area contributed by atoms with Gasteiger partial charge in [0.25, 0.3) is 0 Å². The third kappa shape index (κ3) is 4.10. The number of carbonyl (C=O) groups is 1. The SMILES string of the molecule is COc1cc(CCC(=O)N2CCCC2c2cccnc2)cc(OC)c1. The second kappa shape index (κ2) is 8.01. The van der Waals surface area contributed by atoms with Crippen LogP contribution in [0, 0.1) is 0 Å². The molecule has 0 bridgehead atoms. The summed E-state index contributed by atoms with van der Waals surface area (Å²) >= 11 is 0. The minimum atomic E-state index is 0.154. The number of rotatable bonds is 6. The molecule has 0 radical (unpaired) electrons. The molecule has 5 heteroatoms. The number of hydrogen-bond donors (Lipinski definition) is 0. The van der Waals surface area contributed by atoms with Crippen molar-refractivity contribution in [2.75, 3.05) is 20.8 Å². The van der Waals surface area contributed by atoms with Gasteiger partial charge in [0, 0.05) is 31.4 Å². The first kappa shape index (κ1) is 17.3. The Morgan fingerprint density at radius 3 is 2.64 bits per heavy atom. The smallest absolute Gasteiger partial charge is 0.223 e. The Bertz CT molecular complexity index is 696. The summed E-state index contributed by atoms with van der Waals surface area (Å²) in [5, 5.41) is 0. The highest BCUT2D eigenvalue weighted by Crippen LogP contribution is 2.32. The van der Waals surface area contributed by atoms with Gasteiger partial charge in [0.2, 0.25) is 5.91 Å². The van der Waals surface area contributed by atoms with Gasteiger partial charge < -0.3 is 14.4 Å². The summed E-state index contributed by atoms with van der Waals surface area (Å²) in [4.78, 5) is 18.9. The molecule has 1 amide bonds. The number of likely N-dealkylation sites (tertiary alicyclic amines) is 1. The molecule has 2 heterocycles. The first-order valence-corrected chi connectivity index (χ1v) is 8.62. The largest absolute Gasteiger partial charge is 0.497 e. The van der Waals surface area contributed by atoms with Crippen LogP contribution in [0.1, 0.15) is 36.4 Å². The molecular formula is C20H24N2O3. The van der Waals surface area contributed by atoms with Crippen LogP contribution in [0.25, 0.3) is 0 Å². The molecule has 1 fully saturated rings. The average Bonchev–Trinajstić information content (AvgIpc) is 3.16. The molecule has 1 atom stereocenters. The molecule has 0 N–H and O–H groups in total. The minimum absolute atomic E-state index is 0.154. The van der Waals surface area contributed by atoms with E-state index in [1.54, 1.807) is 20.4 Å². The van der Waals surface area contributed by atoms with Crippen molar-refractivity contribution in [3.05, 3.63) is 53.9 Å². The molecule has 0 aliphatic carbocycles. The molecular weight excluding hydrogens is 316 g/mol. The zero-order valence-corrected chi connectivity index (χ0v) is 14.8. The van der Waals surface area contributed by atoms with Crippen LogP contribution in [0.5, 0.6) is 11.5 Å². The van der Waals surface area contributed by atoms with Crippen molar-refractivity contribution in [2.45, 2.75) is 31.7 Å². The maximum Gasteiger partial charge on any atom is 0.223 e. The summed E-state index contributed by atoms with van der Waals surface area (Å²) in [7, 11) is 3.26. The molecule has 132 valence electrons. The predicted octanol–water partition coefficient (Wildman–Crippen LogP) is 3.40. The molecule has 1 aliphatic rings. The number of amides is 1. The van der Waals surface area contributed by atoms with Gasteiger partial charge in [-0.3, -0.25) is 9.78 Å². The molecule has 25 heavy (non-hydrogen) atoms. The van der Waals surface area contributed by atoms with Gasteiger partial charge in [-0.1, -0.05) is 6.07 Å². The van der Waals surface area contributed by atoms with E-state index in [2.05, 4.69) is 11.1 Å². The maximum absolute atomic E-state index is 12.8. The molecule has 1 aliphatic heterocycles. The lowest BCUT2D eigenvalue weighted by molar-refractivity contribution is -0.132. The zero-order valence-electron chi connectivity index (χ0n) is 14.8. The normalized spacial score (nSPS) is 16.7. The summed E-state index contributed by atoms with van der Waals surface area (Å²) in [5.41, 5.74) is 2.16. The lowest BCUT2D eigenvalue weighted by atomic mass is 10.1. The van der Waals surface area contributed by atoms with Crippen LogP contribution < -0.4 is 9.47 Å². The van der Waals surface area contributed by atoms with E-state index in [0.29, 0.717) is 12.8 Å². The fourth-order valence-corrected chi connectivity index (χ4v) is 3.39. The first-order chi connectivity index (χ1) is 12.2. The van der Waals surface area contributed by atoms with Crippen LogP contribution in [0.3, 0.4) is 0 Å². The van der Waals surface area contributed by atoms with Crippen LogP contribution in [0.2, 0.25) is 0 Å². The summed E-state index contributed by atoms with van der Waals surface area (Å²) in [6.45, 7) is 0.819. The number of nitrogens with zero attached hydrogens (tertiary/aromatic N) is 2. The topological polar surface area (TPSA) is 51.7 Å². The standard InChI is InChI=1S/C20H24N2O3/c1-24-17-11-15(12-18(13-17)25-2)7-8-20(23)22-10-4-6-19(22)16-5-3-9-21-14-16/h3,5,9,11-14,19H,4,6-8,10H2,1-2H3. The average molecular weight is 340 g/mol. The van der Waals surface area contributed by atoms with E-state index in [9.17, 15) is 4.79 Å². The van der Waals surface area contributed by atoms with Crippen molar-refractivity contribution in [2.24, 2.45) is 0 Å². The van der Waals surface area contributed by atoms with Crippen molar-refractivity contribution in [3.63, 3.8) is 0 Å². The second-order valence-corrected chi connectivity index (χ2v) is 6.25. The van der Waals surface area contributed by atoms with Crippen LogP contribution in [0.15, 0.2) is 42.7 Å². The number of carbonyl (C=O) groups excluding carboxylic acids is 1. The predicted molar refractivity (Wildman–Crippen MR) is 95.8 cm³/mol. The Labute approximate surface area is 148 Å². The molecule has 1 unspecified atom stereocenters. The summed E-state index contributed by atoms with van der Waals surface area (Å²) in [6, 6.07) is 9.89. The van der Waals surface area contributed by atoms with Crippen molar-refractivity contribution >= 4 is 5.91 Å². The van der Waals surface area contributed by atoms with Gasteiger partial charge in [0.1, 0.15) is 11.5 Å². The number of aryl methyl sites for hydroxylation is 1. The van der Waals surface area contributed by atoms with E-state index in [4.69, 9.17) is 9.47 Å². The van der Waals surface area contributed by atoms with E-state index < -0.39 is 0 Å². The minimum Gasteiger partial charge on any atom is -0.497 e. The van der Waals surface area contributed by atoms with Gasteiger partial charge in [-0.15, -0.1) is 0 Å². The molecule has 0 saturated carbocycles. The van der Waals surface area contributed by atoms with Crippen molar-refractivity contribution in [1.82, 2.24) is 9.88 Å². The van der Waals surface area contributed by atoms with Crippen molar-refractivity contribution in [3.8, 4) is 11.5 Å². The number of pyridine rings is 1. The highest BCUT2D eigenvalue weighted by atomic mass is 16.5. The van der Waals surface area contributed by atoms with E-state index in [-0.39, 0.29) is 11.9 Å². The van der Waals surface area contributed by atoms with Gasteiger partial charge in [-0.25, -0.2) is 0 Å². The lowest BCUT2D eigenvalue weighted by Gasteiger charge is -2.25. The van der Waals surface area contributed by atoms with Crippen molar-refractivity contribution < 1.29 is 14.3 Å². The quantitative estimate of drug-likeness (QED) is 0.809. The monoisotopic (exact) mass is 340 g/mol. The number of methoxy groups -OCH3 is 2. The molecule has 0 spiro atoms. The number of aromatic nitrogens is 1. The van der Waals surface area contributed by atoms with Gasteiger partial charge in [0.15, 0.2) is 0 Å². The summed E-state index contributed by atoms with van der Waals surface area (Å²) in [5.74, 6) is 1.68. The number of ether oxygens (including phenoxy) is 2. The molecule has 5 nitrogen and oxygen atoms in total. The van der Waals surface area contributed by atoms with Crippen LogP contribution in [0.4, 0.5) is 0 Å². The van der Waals surface area contributed by atoms with Crippen LogP contribution in [-0.4, -0.2) is 36.6 Å². The summed E-state index contributed by atoms with van der Waals surface area (Å²) in [6.07, 6.45) is 6.82. The Morgan fingerprint density at radius 1 is 1.24 bits per heavy atom. The molecule has 1 saturated heterocycles. The van der Waals surface area contributed by atoms with Crippen molar-refractivity contribution in [1.29, 1.82) is 0 Å². The van der Waals surface area contributed by atoms with Gasteiger partial charge >= 0.3 is 0 Å². The van der Waals surface area contributed by atoms with E-state index in [0.717, 1.165) is 42.0 Å². The lowest BCUT2D eigenvalue weighted by Crippen LogP contribution is -2.30. The fourth-order valence-electron chi connectivity index (χ4n) is 3.39. The van der Waals surface area contributed by atoms with E-state index in [1.807, 2.05) is 35.4 Å². The number of hydrogen-bond acceptors (Lipinski definition) is 4. The second-order valence-electron chi connectivity index (χ2n) is 6.25. The molecule has 1 aromatic heterocycles. The molecule has 1 aromatic carbocycles. The van der Waals surface area contributed by atoms with E-state index >= 15 is 0 Å². The zero-order chi connectivity index (χ0) is 17.6. The van der Waals surface area contributed by atoms with E-state index in [1.165, 1.54) is 0 Å². The van der Waals surface area contributed by atoms with Gasteiger partial charge in [-0.05, 0) is 48.6 Å². The Morgan fingerprint density at radius 2 is 2.00 bits per heavy atom. The van der Waals surface area contributed by atoms with Gasteiger partial charge in [0.05, 0.1) is 20.3 Å². The molecule has 2 aromatic rings. The molecule has 3 rings (SSSR count). The Balaban J connectivity index is 1.66. The van der Waals surface area contributed by atoms with Crippen LogP contribution >= 0.6 is 0 Å².